The van der Waals surface area contributed by atoms with Crippen molar-refractivity contribution in [3.05, 3.63) is 81.5 Å². The van der Waals surface area contributed by atoms with E-state index in [2.05, 4.69) is 10.2 Å². The van der Waals surface area contributed by atoms with Gasteiger partial charge in [-0.1, -0.05) is 59.6 Å². The van der Waals surface area contributed by atoms with Gasteiger partial charge in [0.1, 0.15) is 12.4 Å². The number of nitrogens with one attached hydrogen (secondary N) is 1. The number of hydrogen-bond acceptors (Lipinski definition) is 9. The first-order valence-electron chi connectivity index (χ1n) is 19.1. The molecular weight excluding hydrogens is 753 g/mol. The lowest BCUT2D eigenvalue weighted by molar-refractivity contribution is -0.129. The van der Waals surface area contributed by atoms with Gasteiger partial charge in [0.15, 0.2) is 0 Å². The highest BCUT2D eigenvalue weighted by atomic mass is 35.5. The van der Waals surface area contributed by atoms with Crippen molar-refractivity contribution in [1.29, 1.82) is 0 Å². The van der Waals surface area contributed by atoms with Gasteiger partial charge in [0.2, 0.25) is 11.8 Å². The molecule has 2 aliphatic rings. The van der Waals surface area contributed by atoms with Crippen LogP contribution in [0.25, 0.3) is 33.6 Å². The van der Waals surface area contributed by atoms with Crippen LogP contribution in [-0.4, -0.2) is 88.9 Å². The number of amides is 2. The molecule has 0 bridgehead atoms. The van der Waals surface area contributed by atoms with Crippen LogP contribution in [0.15, 0.2) is 54.7 Å². The Morgan fingerprint density at radius 2 is 1.54 bits per heavy atom. The molecule has 2 aromatic carbocycles. The van der Waals surface area contributed by atoms with Gasteiger partial charge in [-0.15, -0.1) is 0 Å². The minimum absolute atomic E-state index is 0.00352. The summed E-state index contributed by atoms with van der Waals surface area (Å²) in [6.07, 6.45) is 3.87. The Bertz CT molecular complexity index is 2060. The SMILES string of the molecule is COc1nc(-c2cccc(-c3ccnc(-c4ccc(COC(=O)NC(C)(C)C)c(OC)c4C4CCN(C(C)=O)CC4)c3Cl)c2Cl)ccc1CN1CCC(O)CC1. The molecule has 4 aromatic rings. The number of nitrogens with zero attached hydrogens (tertiary/aromatic N) is 4. The van der Waals surface area contributed by atoms with Crippen LogP contribution in [0.3, 0.4) is 0 Å². The Morgan fingerprint density at radius 3 is 2.20 bits per heavy atom. The third kappa shape index (κ3) is 9.40. The van der Waals surface area contributed by atoms with E-state index in [1.807, 2.05) is 74.2 Å². The first-order valence-corrected chi connectivity index (χ1v) is 19.8. The van der Waals surface area contributed by atoms with Gasteiger partial charge in [-0.3, -0.25) is 14.7 Å². The Kier molecular flexibility index (Phi) is 13.1. The highest BCUT2D eigenvalue weighted by Crippen LogP contribution is 2.47. The van der Waals surface area contributed by atoms with E-state index in [1.165, 1.54) is 0 Å². The van der Waals surface area contributed by atoms with Crippen LogP contribution in [0.5, 0.6) is 11.6 Å². The molecule has 0 saturated carbocycles. The summed E-state index contributed by atoms with van der Waals surface area (Å²) in [4.78, 5) is 38.7. The van der Waals surface area contributed by atoms with Gasteiger partial charge in [-0.05, 0) is 64.5 Å². The fraction of sp³-hybridized carbons (Fsp3) is 0.442. The highest BCUT2D eigenvalue weighted by Gasteiger charge is 2.30. The van der Waals surface area contributed by atoms with Gasteiger partial charge in [-0.25, -0.2) is 9.78 Å². The zero-order chi connectivity index (χ0) is 40.1. The maximum Gasteiger partial charge on any atom is 0.407 e. The van der Waals surface area contributed by atoms with Crippen LogP contribution in [0.4, 0.5) is 4.79 Å². The predicted molar refractivity (Wildman–Crippen MR) is 219 cm³/mol. The van der Waals surface area contributed by atoms with Crippen molar-refractivity contribution >= 4 is 35.2 Å². The summed E-state index contributed by atoms with van der Waals surface area (Å²) in [7, 11) is 3.22. The Labute approximate surface area is 339 Å². The molecule has 0 radical (unpaired) electrons. The van der Waals surface area contributed by atoms with E-state index in [-0.39, 0.29) is 24.5 Å². The number of rotatable bonds is 10. The van der Waals surface area contributed by atoms with Gasteiger partial charge in [-0.2, -0.15) is 0 Å². The van der Waals surface area contributed by atoms with Crippen LogP contribution in [0, 0.1) is 0 Å². The van der Waals surface area contributed by atoms with Crippen LogP contribution in [0.1, 0.15) is 76.0 Å². The number of halogens is 2. The third-order valence-corrected chi connectivity index (χ3v) is 11.2. The molecule has 6 rings (SSSR count). The highest BCUT2D eigenvalue weighted by molar-refractivity contribution is 6.39. The molecular formula is C43H51Cl2N5O6. The average molecular weight is 805 g/mol. The number of aliphatic hydroxyl groups is 1. The molecule has 0 atom stereocenters. The summed E-state index contributed by atoms with van der Waals surface area (Å²) in [6.45, 7) is 10.8. The molecule has 13 heteroatoms. The lowest BCUT2D eigenvalue weighted by atomic mass is 9.83. The number of methoxy groups -OCH3 is 2. The summed E-state index contributed by atoms with van der Waals surface area (Å²) >= 11 is 14.6. The lowest BCUT2D eigenvalue weighted by Gasteiger charge is -2.33. The summed E-state index contributed by atoms with van der Waals surface area (Å²) in [6, 6.07) is 15.4. The molecule has 2 aliphatic heterocycles. The molecule has 2 N–H and O–H groups in total. The number of piperidine rings is 2. The third-order valence-electron chi connectivity index (χ3n) is 10.5. The molecule has 2 saturated heterocycles. The fourth-order valence-electron chi connectivity index (χ4n) is 7.59. The average Bonchev–Trinajstić information content (AvgIpc) is 3.17. The number of ether oxygens (including phenoxy) is 3. The number of carbonyl (C=O) groups excluding carboxylic acids is 2. The van der Waals surface area contributed by atoms with E-state index in [0.717, 1.165) is 48.2 Å². The Morgan fingerprint density at radius 1 is 0.857 bits per heavy atom. The molecule has 2 aromatic heterocycles. The molecule has 0 spiro atoms. The van der Waals surface area contributed by atoms with E-state index in [0.29, 0.717) is 82.2 Å². The molecule has 0 unspecified atom stereocenters. The fourth-order valence-corrected chi connectivity index (χ4v) is 8.23. The normalized spacial score (nSPS) is 15.8. The van der Waals surface area contributed by atoms with Gasteiger partial charge in [0, 0.05) is 90.3 Å². The van der Waals surface area contributed by atoms with E-state index in [9.17, 15) is 14.7 Å². The largest absolute Gasteiger partial charge is 0.496 e. The minimum Gasteiger partial charge on any atom is -0.496 e. The minimum atomic E-state index is -0.528. The van der Waals surface area contributed by atoms with Crippen LogP contribution in [-0.2, 0) is 22.7 Å². The number of pyridine rings is 2. The molecule has 2 fully saturated rings. The number of benzene rings is 2. The van der Waals surface area contributed by atoms with E-state index in [4.69, 9.17) is 47.4 Å². The quantitative estimate of drug-likeness (QED) is 0.162. The van der Waals surface area contributed by atoms with Crippen molar-refractivity contribution in [3.63, 3.8) is 0 Å². The summed E-state index contributed by atoms with van der Waals surface area (Å²) in [5, 5.41) is 13.7. The monoisotopic (exact) mass is 803 g/mol. The smallest absolute Gasteiger partial charge is 0.407 e. The van der Waals surface area contributed by atoms with E-state index in [1.54, 1.807) is 27.3 Å². The van der Waals surface area contributed by atoms with Crippen molar-refractivity contribution < 1.29 is 28.9 Å². The first-order chi connectivity index (χ1) is 26.8. The second-order valence-corrected chi connectivity index (χ2v) is 16.3. The summed E-state index contributed by atoms with van der Waals surface area (Å²) < 4.78 is 17.5. The molecule has 0 aliphatic carbocycles. The van der Waals surface area contributed by atoms with Gasteiger partial charge >= 0.3 is 6.09 Å². The van der Waals surface area contributed by atoms with Gasteiger partial charge in [0.05, 0.1) is 41.8 Å². The second kappa shape index (κ2) is 17.8. The van der Waals surface area contributed by atoms with Crippen LogP contribution in [0.2, 0.25) is 10.0 Å². The van der Waals surface area contributed by atoms with E-state index < -0.39 is 11.6 Å². The molecule has 4 heterocycles. The Balaban J connectivity index is 1.36. The summed E-state index contributed by atoms with van der Waals surface area (Å²) in [5.74, 6) is 1.18. The predicted octanol–water partition coefficient (Wildman–Crippen LogP) is 8.51. The van der Waals surface area contributed by atoms with Crippen molar-refractivity contribution in [1.82, 2.24) is 25.1 Å². The maximum atomic E-state index is 12.6. The van der Waals surface area contributed by atoms with Crippen LogP contribution < -0.4 is 14.8 Å². The van der Waals surface area contributed by atoms with Crippen molar-refractivity contribution in [2.75, 3.05) is 40.4 Å². The molecule has 56 heavy (non-hydrogen) atoms. The van der Waals surface area contributed by atoms with Crippen molar-refractivity contribution in [2.24, 2.45) is 0 Å². The van der Waals surface area contributed by atoms with Gasteiger partial charge in [0.25, 0.3) is 0 Å². The van der Waals surface area contributed by atoms with Crippen LogP contribution >= 0.6 is 23.2 Å². The number of alkyl carbamates (subject to hydrolysis) is 1. The van der Waals surface area contributed by atoms with Gasteiger partial charge < -0.3 is 29.5 Å². The Hall–Kier alpha value is -4.42. The maximum absolute atomic E-state index is 12.6. The number of carbonyl (C=O) groups is 2. The van der Waals surface area contributed by atoms with Crippen molar-refractivity contribution in [2.45, 2.75) is 84.1 Å². The number of hydrogen-bond donors (Lipinski definition) is 2. The zero-order valence-corrected chi connectivity index (χ0v) is 34.5. The standard InChI is InChI=1S/C43H51Cl2N5O6/c1-26(51)50-22-15-27(16-23-50)36-34(12-10-29(40(36)54-5)25-56-42(53)48-43(2,3)4)39-38(45)32(14-19-46-39)31-8-7-9-33(37(31)44)35-13-11-28(41(47-35)55-6)24-49-20-17-30(52)18-21-49/h7-14,19,27,30,52H,15-18,20-25H2,1-6H3,(H,48,53). The summed E-state index contributed by atoms with van der Waals surface area (Å²) in [5.41, 5.74) is 6.26. The second-order valence-electron chi connectivity index (χ2n) is 15.5. The van der Waals surface area contributed by atoms with Crippen molar-refractivity contribution in [3.8, 4) is 45.3 Å². The molecule has 2 amide bonds. The molecule has 298 valence electrons. The number of likely N-dealkylation sites (tertiary alicyclic amines) is 2. The zero-order valence-electron chi connectivity index (χ0n) is 33.0. The lowest BCUT2D eigenvalue weighted by Crippen LogP contribution is -2.40. The van der Waals surface area contributed by atoms with E-state index >= 15 is 0 Å². The first kappa shape index (κ1) is 41.2. The number of aromatic nitrogens is 2. The topological polar surface area (TPSA) is 126 Å². The number of aliphatic hydroxyl groups excluding tert-OH is 1. The molecule has 11 nitrogen and oxygen atoms in total.